The molecule has 0 saturated heterocycles. The van der Waals surface area contributed by atoms with E-state index in [9.17, 15) is 0 Å². The van der Waals surface area contributed by atoms with Crippen LogP contribution in [0.2, 0.25) is 0 Å². The van der Waals surface area contributed by atoms with E-state index in [1.165, 1.54) is 33.6 Å². The minimum absolute atomic E-state index is 0.458. The average Bonchev–Trinajstić information content (AvgIpc) is 3.07. The summed E-state index contributed by atoms with van der Waals surface area (Å²) in [6.45, 7) is 18.2. The standard InChI is InChI=1S/C27H36N2.Pd/c1-18(2)22-11-9-12-23(19(3)4)26(22)28-15-16-29(17-28)27-24(20(5)6)13-10-14-25(27)21(7)8;/h9-16,18-21H,1-8H3;. The molecule has 1 aromatic heterocycles. The predicted molar refractivity (Wildman–Crippen MR) is 125 cm³/mol. The Labute approximate surface area is 192 Å². The zero-order valence-corrected chi connectivity index (χ0v) is 21.2. The normalized spacial score (nSPS) is 12.1. The summed E-state index contributed by atoms with van der Waals surface area (Å²) in [7, 11) is 0. The Bertz CT molecular complexity index is 944. The van der Waals surface area contributed by atoms with Crippen LogP contribution in [0.15, 0.2) is 48.8 Å². The van der Waals surface area contributed by atoms with Crippen molar-refractivity contribution in [1.82, 2.24) is 9.13 Å². The second kappa shape index (κ2) is 9.21. The van der Waals surface area contributed by atoms with Crippen molar-refractivity contribution in [2.45, 2.75) is 79.1 Å². The molecule has 0 unspecified atom stereocenters. The van der Waals surface area contributed by atoms with Crippen molar-refractivity contribution in [1.29, 1.82) is 0 Å². The first kappa shape index (κ1) is 23.0. The molecular formula is C27H36N2Pd. The van der Waals surface area contributed by atoms with Crippen LogP contribution in [-0.2, 0) is 18.7 Å². The van der Waals surface area contributed by atoms with Crippen molar-refractivity contribution in [2.24, 2.45) is 0 Å². The molecular weight excluding hydrogens is 459 g/mol. The first-order chi connectivity index (χ1) is 14.1. The molecule has 0 amide bonds. The van der Waals surface area contributed by atoms with Crippen LogP contribution in [-0.4, -0.2) is 9.13 Å². The van der Waals surface area contributed by atoms with Gasteiger partial charge in [-0.05, 0) is 0 Å². The van der Waals surface area contributed by atoms with E-state index in [0.29, 0.717) is 23.7 Å². The molecule has 0 spiro atoms. The zero-order chi connectivity index (χ0) is 22.2. The van der Waals surface area contributed by atoms with Crippen LogP contribution in [0.5, 0.6) is 0 Å². The van der Waals surface area contributed by atoms with Gasteiger partial charge in [-0.3, -0.25) is 0 Å². The molecule has 0 aliphatic rings. The first-order valence-electron chi connectivity index (χ1n) is 11.2. The molecule has 0 saturated carbocycles. The molecule has 3 heteroatoms. The Morgan fingerprint density at radius 3 is 1.03 bits per heavy atom. The van der Waals surface area contributed by atoms with E-state index in [4.69, 9.17) is 0 Å². The molecule has 0 atom stereocenters. The number of hydrogen-bond acceptors (Lipinski definition) is 0. The van der Waals surface area contributed by atoms with E-state index in [1.54, 1.807) is 0 Å². The topological polar surface area (TPSA) is 9.86 Å². The van der Waals surface area contributed by atoms with Crippen LogP contribution in [0.3, 0.4) is 0 Å². The third-order valence-corrected chi connectivity index (χ3v) is 6.65. The van der Waals surface area contributed by atoms with Crippen molar-refractivity contribution < 1.29 is 18.7 Å². The summed E-state index contributed by atoms with van der Waals surface area (Å²) < 4.78 is 5.78. The fourth-order valence-electron chi connectivity index (χ4n) is 4.26. The van der Waals surface area contributed by atoms with Gasteiger partial charge in [-0.25, -0.2) is 0 Å². The molecule has 0 aliphatic carbocycles. The Balaban J connectivity index is 2.33. The molecule has 1 heterocycles. The van der Waals surface area contributed by atoms with E-state index in [2.05, 4.69) is 132 Å². The van der Waals surface area contributed by atoms with Gasteiger partial charge in [0.2, 0.25) is 0 Å². The van der Waals surface area contributed by atoms with Gasteiger partial charge >= 0.3 is 193 Å². The Morgan fingerprint density at radius 1 is 0.533 bits per heavy atom. The molecule has 0 N–H and O–H groups in total. The number of benzene rings is 2. The van der Waals surface area contributed by atoms with Gasteiger partial charge in [-0.1, -0.05) is 0 Å². The van der Waals surface area contributed by atoms with Crippen molar-refractivity contribution in [3.63, 3.8) is 0 Å². The Morgan fingerprint density at radius 2 is 0.800 bits per heavy atom. The molecule has 164 valence electrons. The summed E-state index contributed by atoms with van der Waals surface area (Å²) >= 11 is 3.64. The third-order valence-electron chi connectivity index (χ3n) is 5.90. The summed E-state index contributed by atoms with van der Waals surface area (Å²) in [5, 5.41) is 0. The number of hydrogen-bond donors (Lipinski definition) is 0. The molecule has 3 aromatic rings. The predicted octanol–water partition coefficient (Wildman–Crippen LogP) is 7.84. The van der Waals surface area contributed by atoms with Gasteiger partial charge in [-0.2, -0.15) is 0 Å². The zero-order valence-electron chi connectivity index (χ0n) is 19.6. The quantitative estimate of drug-likeness (QED) is 0.309. The third kappa shape index (κ3) is 4.21. The summed E-state index contributed by atoms with van der Waals surface area (Å²) in [6, 6.07) is 13.5. The van der Waals surface area contributed by atoms with Crippen molar-refractivity contribution >= 4 is 0 Å². The van der Waals surface area contributed by atoms with Crippen LogP contribution >= 0.6 is 0 Å². The van der Waals surface area contributed by atoms with E-state index < -0.39 is 0 Å². The molecule has 0 bridgehead atoms. The van der Waals surface area contributed by atoms with Gasteiger partial charge in [0.15, 0.2) is 0 Å². The molecule has 0 aliphatic heterocycles. The van der Waals surface area contributed by atoms with E-state index in [1.807, 2.05) is 0 Å². The van der Waals surface area contributed by atoms with Crippen LogP contribution in [0.4, 0.5) is 0 Å². The minimum atomic E-state index is 0.458. The molecule has 0 fully saturated rings. The number of para-hydroxylation sites is 2. The van der Waals surface area contributed by atoms with Crippen LogP contribution in [0.25, 0.3) is 11.4 Å². The van der Waals surface area contributed by atoms with Gasteiger partial charge in [0, 0.05) is 0 Å². The number of imidazole rings is 1. The first-order valence-corrected chi connectivity index (χ1v) is 11.9. The van der Waals surface area contributed by atoms with Crippen LogP contribution < -0.4 is 0 Å². The number of nitrogens with zero attached hydrogens (tertiary/aromatic N) is 2. The Kier molecular flexibility index (Phi) is 7.06. The maximum atomic E-state index is 3.64. The fourth-order valence-corrected chi connectivity index (χ4v) is 4.84. The molecule has 3 rings (SSSR count). The van der Waals surface area contributed by atoms with Gasteiger partial charge < -0.3 is 0 Å². The molecule has 2 nitrogen and oxygen atoms in total. The molecule has 0 radical (unpaired) electrons. The van der Waals surface area contributed by atoms with Crippen molar-refractivity contribution in [2.75, 3.05) is 0 Å². The number of aromatic nitrogens is 2. The number of rotatable bonds is 6. The van der Waals surface area contributed by atoms with Crippen LogP contribution in [0, 0.1) is 3.89 Å². The van der Waals surface area contributed by atoms with Gasteiger partial charge in [0.1, 0.15) is 0 Å². The Hall–Kier alpha value is -1.69. The monoisotopic (exact) mass is 494 g/mol. The summed E-state index contributed by atoms with van der Waals surface area (Å²) in [6.07, 6.45) is 4.43. The van der Waals surface area contributed by atoms with Crippen LogP contribution in [0.1, 0.15) is 101 Å². The average molecular weight is 495 g/mol. The summed E-state index contributed by atoms with van der Waals surface area (Å²) in [4.78, 5) is 0. The fraction of sp³-hybridized carbons (Fsp3) is 0.444. The van der Waals surface area contributed by atoms with Gasteiger partial charge in [0.25, 0.3) is 0 Å². The van der Waals surface area contributed by atoms with Gasteiger partial charge in [0.05, 0.1) is 0 Å². The second-order valence-corrected chi connectivity index (χ2v) is 10.2. The maximum absolute atomic E-state index is 3.64. The second-order valence-electron chi connectivity index (χ2n) is 9.47. The summed E-state index contributed by atoms with van der Waals surface area (Å²) in [5.74, 6) is 1.83. The van der Waals surface area contributed by atoms with Crippen molar-refractivity contribution in [3.05, 3.63) is 74.9 Å². The SMILES string of the molecule is CC(C)c1cccc(C(C)C)c1-n1ccn(-c2c(C(C)C)cccc2C(C)C)[c]1=[Pd]. The van der Waals surface area contributed by atoms with E-state index in [0.717, 1.165) is 3.89 Å². The molecule has 2 aromatic carbocycles. The van der Waals surface area contributed by atoms with Crippen molar-refractivity contribution in [3.8, 4) is 11.4 Å². The van der Waals surface area contributed by atoms with Gasteiger partial charge in [-0.15, -0.1) is 0 Å². The molecule has 30 heavy (non-hydrogen) atoms. The summed E-state index contributed by atoms with van der Waals surface area (Å²) in [5.41, 5.74) is 8.18. The van der Waals surface area contributed by atoms with E-state index in [-0.39, 0.29) is 0 Å². The van der Waals surface area contributed by atoms with E-state index >= 15 is 0 Å².